The molecule has 1 unspecified atom stereocenters. The molecule has 1 aromatic heterocycles. The number of hydrogen-bond acceptors (Lipinski definition) is 3. The molecule has 2 aromatic rings. The number of aromatic nitrogens is 2. The number of rotatable bonds is 8. The highest BCUT2D eigenvalue weighted by molar-refractivity contribution is 6.30. The fraction of sp³-hybridized carbons (Fsp3) is 0.412. The van der Waals surface area contributed by atoms with Crippen molar-refractivity contribution in [3.8, 4) is 5.75 Å². The number of ether oxygens (including phenoxy) is 1. The average molecular weight is 350 g/mol. The van der Waals surface area contributed by atoms with Gasteiger partial charge in [0, 0.05) is 37.6 Å². The fourth-order valence-corrected chi connectivity index (χ4v) is 2.25. The van der Waals surface area contributed by atoms with E-state index in [4.69, 9.17) is 16.3 Å². The van der Waals surface area contributed by atoms with E-state index in [0.717, 1.165) is 31.2 Å². The Bertz CT molecular complexity index is 612. The molecule has 0 amide bonds. The molecule has 0 aliphatic heterocycles. The number of nitrogens with one attached hydrogen (secondary N) is 2. The van der Waals surface area contributed by atoms with Gasteiger partial charge in [-0.3, -0.25) is 9.67 Å². The molecular formula is C17H24ClN5O. The molecule has 0 saturated heterocycles. The molecule has 1 heterocycles. The summed E-state index contributed by atoms with van der Waals surface area (Å²) < 4.78 is 7.74. The maximum atomic E-state index is 5.87. The van der Waals surface area contributed by atoms with Gasteiger partial charge in [0.05, 0.1) is 6.54 Å². The van der Waals surface area contributed by atoms with Crippen LogP contribution in [0.3, 0.4) is 0 Å². The van der Waals surface area contributed by atoms with Crippen LogP contribution < -0.4 is 15.4 Å². The Morgan fingerprint density at radius 1 is 1.33 bits per heavy atom. The third kappa shape index (κ3) is 6.50. The van der Waals surface area contributed by atoms with Gasteiger partial charge >= 0.3 is 0 Å². The van der Waals surface area contributed by atoms with E-state index in [2.05, 4.69) is 20.7 Å². The zero-order valence-electron chi connectivity index (χ0n) is 14.1. The molecular weight excluding hydrogens is 326 g/mol. The van der Waals surface area contributed by atoms with E-state index in [1.54, 1.807) is 13.2 Å². The van der Waals surface area contributed by atoms with Crippen LogP contribution in [0.25, 0.3) is 0 Å². The molecule has 0 fully saturated rings. The van der Waals surface area contributed by atoms with E-state index in [9.17, 15) is 0 Å². The zero-order chi connectivity index (χ0) is 17.2. The van der Waals surface area contributed by atoms with Crippen LogP contribution in [0.2, 0.25) is 5.02 Å². The molecule has 0 aliphatic carbocycles. The number of hydrogen-bond donors (Lipinski definition) is 2. The van der Waals surface area contributed by atoms with Gasteiger partial charge in [0.15, 0.2) is 5.96 Å². The van der Waals surface area contributed by atoms with Gasteiger partial charge in [0.1, 0.15) is 11.9 Å². The Kier molecular flexibility index (Phi) is 7.42. The summed E-state index contributed by atoms with van der Waals surface area (Å²) in [5.41, 5.74) is 0. The third-order valence-electron chi connectivity index (χ3n) is 3.35. The Morgan fingerprint density at radius 2 is 2.12 bits per heavy atom. The summed E-state index contributed by atoms with van der Waals surface area (Å²) in [6, 6.07) is 9.28. The number of aliphatic imine (C=N–C) groups is 1. The van der Waals surface area contributed by atoms with Crippen LogP contribution in [0.1, 0.15) is 13.3 Å². The van der Waals surface area contributed by atoms with Gasteiger partial charge in [-0.1, -0.05) is 11.6 Å². The lowest BCUT2D eigenvalue weighted by molar-refractivity contribution is 0.224. The van der Waals surface area contributed by atoms with Gasteiger partial charge in [0.25, 0.3) is 0 Å². The van der Waals surface area contributed by atoms with Gasteiger partial charge in [-0.25, -0.2) is 0 Å². The first-order valence-corrected chi connectivity index (χ1v) is 8.39. The van der Waals surface area contributed by atoms with Crippen molar-refractivity contribution >= 4 is 17.6 Å². The molecule has 0 spiro atoms. The summed E-state index contributed by atoms with van der Waals surface area (Å²) in [5, 5.41) is 11.4. The van der Waals surface area contributed by atoms with Crippen molar-refractivity contribution in [2.45, 2.75) is 26.0 Å². The van der Waals surface area contributed by atoms with E-state index in [1.807, 2.05) is 48.1 Å². The molecule has 6 nitrogen and oxygen atoms in total. The van der Waals surface area contributed by atoms with Gasteiger partial charge in [-0.2, -0.15) is 5.10 Å². The second-order valence-corrected chi connectivity index (χ2v) is 5.82. The molecule has 0 aliphatic rings. The average Bonchev–Trinajstić information content (AvgIpc) is 3.10. The Labute approximate surface area is 147 Å². The topological polar surface area (TPSA) is 63.5 Å². The zero-order valence-corrected chi connectivity index (χ0v) is 14.8. The SMILES string of the molecule is CN=C(NCCCn1cccn1)NCC(C)Oc1ccc(Cl)cc1. The van der Waals surface area contributed by atoms with Crippen LogP contribution in [0.15, 0.2) is 47.7 Å². The summed E-state index contributed by atoms with van der Waals surface area (Å²) in [5.74, 6) is 1.57. The smallest absolute Gasteiger partial charge is 0.191 e. The molecule has 2 N–H and O–H groups in total. The number of nitrogens with zero attached hydrogens (tertiary/aromatic N) is 3. The first-order valence-electron chi connectivity index (χ1n) is 8.01. The second-order valence-electron chi connectivity index (χ2n) is 5.38. The molecule has 1 aromatic carbocycles. The summed E-state index contributed by atoms with van der Waals surface area (Å²) in [7, 11) is 1.76. The standard InChI is InChI=1S/C17H24ClN5O/c1-14(24-16-7-5-15(18)6-8-16)13-21-17(19-2)20-9-3-11-23-12-4-10-22-23/h4-8,10,12,14H,3,9,11,13H2,1-2H3,(H2,19,20,21). The van der Waals surface area contributed by atoms with Crippen molar-refractivity contribution in [1.82, 2.24) is 20.4 Å². The Balaban J connectivity index is 1.64. The van der Waals surface area contributed by atoms with Crippen molar-refractivity contribution in [3.63, 3.8) is 0 Å². The van der Waals surface area contributed by atoms with Crippen LogP contribution in [0, 0.1) is 0 Å². The lowest BCUT2D eigenvalue weighted by Gasteiger charge is -2.17. The maximum absolute atomic E-state index is 5.87. The molecule has 24 heavy (non-hydrogen) atoms. The van der Waals surface area contributed by atoms with E-state index in [0.29, 0.717) is 11.6 Å². The Hall–Kier alpha value is -2.21. The van der Waals surface area contributed by atoms with Crippen molar-refractivity contribution in [2.24, 2.45) is 4.99 Å². The van der Waals surface area contributed by atoms with Crippen LogP contribution in [-0.4, -0.2) is 42.0 Å². The summed E-state index contributed by atoms with van der Waals surface area (Å²) in [4.78, 5) is 4.21. The molecule has 7 heteroatoms. The lowest BCUT2D eigenvalue weighted by Crippen LogP contribution is -2.42. The highest BCUT2D eigenvalue weighted by Gasteiger charge is 2.05. The minimum atomic E-state index is 0.00815. The van der Waals surface area contributed by atoms with E-state index in [1.165, 1.54) is 0 Å². The molecule has 0 saturated carbocycles. The summed E-state index contributed by atoms with van der Waals surface area (Å²) >= 11 is 5.87. The number of halogens is 1. The normalized spacial score (nSPS) is 12.7. The predicted octanol–water partition coefficient (Wildman–Crippen LogP) is 2.56. The fourth-order valence-electron chi connectivity index (χ4n) is 2.13. The number of aryl methyl sites for hydroxylation is 1. The highest BCUT2D eigenvalue weighted by Crippen LogP contribution is 2.16. The number of guanidine groups is 1. The maximum Gasteiger partial charge on any atom is 0.191 e. The van der Waals surface area contributed by atoms with Gasteiger partial charge in [-0.05, 0) is 43.7 Å². The van der Waals surface area contributed by atoms with Crippen LogP contribution >= 0.6 is 11.6 Å². The van der Waals surface area contributed by atoms with Gasteiger partial charge in [0.2, 0.25) is 0 Å². The third-order valence-corrected chi connectivity index (χ3v) is 3.60. The highest BCUT2D eigenvalue weighted by atomic mass is 35.5. The van der Waals surface area contributed by atoms with Gasteiger partial charge < -0.3 is 15.4 Å². The second kappa shape index (κ2) is 9.82. The minimum absolute atomic E-state index is 0.00815. The summed E-state index contributed by atoms with van der Waals surface area (Å²) in [6.07, 6.45) is 4.73. The van der Waals surface area contributed by atoms with Crippen molar-refractivity contribution in [2.75, 3.05) is 20.1 Å². The quantitative estimate of drug-likeness (QED) is 0.437. The van der Waals surface area contributed by atoms with Crippen LogP contribution in [0.5, 0.6) is 5.75 Å². The van der Waals surface area contributed by atoms with Crippen molar-refractivity contribution in [3.05, 3.63) is 47.7 Å². The van der Waals surface area contributed by atoms with Crippen molar-refractivity contribution < 1.29 is 4.74 Å². The van der Waals surface area contributed by atoms with E-state index >= 15 is 0 Å². The lowest BCUT2D eigenvalue weighted by atomic mass is 10.3. The molecule has 1 atom stereocenters. The van der Waals surface area contributed by atoms with Crippen LogP contribution in [-0.2, 0) is 6.54 Å². The van der Waals surface area contributed by atoms with Crippen molar-refractivity contribution in [1.29, 1.82) is 0 Å². The van der Waals surface area contributed by atoms with E-state index < -0.39 is 0 Å². The van der Waals surface area contributed by atoms with E-state index in [-0.39, 0.29) is 6.10 Å². The first-order chi connectivity index (χ1) is 11.7. The van der Waals surface area contributed by atoms with Crippen LogP contribution in [0.4, 0.5) is 0 Å². The minimum Gasteiger partial charge on any atom is -0.489 e. The Morgan fingerprint density at radius 3 is 2.79 bits per heavy atom. The largest absolute Gasteiger partial charge is 0.489 e. The molecule has 2 rings (SSSR count). The molecule has 0 radical (unpaired) electrons. The monoisotopic (exact) mass is 349 g/mol. The predicted molar refractivity (Wildman–Crippen MR) is 97.8 cm³/mol. The number of benzene rings is 1. The molecule has 130 valence electrons. The summed E-state index contributed by atoms with van der Waals surface area (Å²) in [6.45, 7) is 4.37. The van der Waals surface area contributed by atoms with Gasteiger partial charge in [-0.15, -0.1) is 0 Å². The first kappa shape index (κ1) is 18.1. The molecule has 0 bridgehead atoms.